The summed E-state index contributed by atoms with van der Waals surface area (Å²) in [6.45, 7) is 1.86. The van der Waals surface area contributed by atoms with Crippen LogP contribution >= 0.6 is 10.0 Å². The van der Waals surface area contributed by atoms with Gasteiger partial charge in [0.15, 0.2) is 0 Å². The van der Waals surface area contributed by atoms with Gasteiger partial charge in [-0.3, -0.25) is 0 Å². The number of hydrogen-bond donors (Lipinski definition) is 1. The van der Waals surface area contributed by atoms with Crippen LogP contribution in [0.15, 0.2) is 0 Å². The van der Waals surface area contributed by atoms with Crippen LogP contribution in [0.4, 0.5) is 0 Å². The van der Waals surface area contributed by atoms with Crippen LogP contribution < -0.4 is 0 Å². The summed E-state index contributed by atoms with van der Waals surface area (Å²) in [5.41, 5.74) is 4.33. The van der Waals surface area contributed by atoms with Crippen LogP contribution in [0.25, 0.3) is 0 Å². The fraction of sp³-hybridized carbons (Fsp3) is 0.750. The average molecular weight is 266 g/mol. The van der Waals surface area contributed by atoms with Gasteiger partial charge in [0.25, 0.3) is 0 Å². The van der Waals surface area contributed by atoms with E-state index in [1.165, 1.54) is 0 Å². The van der Waals surface area contributed by atoms with Crippen molar-refractivity contribution in [2.24, 2.45) is 0 Å². The number of ketones is 1. The van der Waals surface area contributed by atoms with Crippen LogP contribution in [0.2, 0.25) is 11.4 Å². The van der Waals surface area contributed by atoms with Crippen molar-refractivity contribution in [1.82, 2.24) is 0 Å². The molecule has 76 valence electrons. The summed E-state index contributed by atoms with van der Waals surface area (Å²) in [5.74, 6) is -0.830. The van der Waals surface area contributed by atoms with Gasteiger partial charge in [-0.2, -0.15) is 0 Å². The molecule has 0 aromatic heterocycles. The monoisotopic (exact) mass is 266 g/mol. The second-order valence-electron chi connectivity index (χ2n) is 2.92. The molecule has 1 unspecified atom stereocenters. The van der Waals surface area contributed by atoms with Crippen molar-refractivity contribution in [3.05, 3.63) is 0 Å². The minimum absolute atomic E-state index is 0.0191. The van der Waals surface area contributed by atoms with E-state index in [1.807, 2.05) is 6.92 Å². The van der Waals surface area contributed by atoms with E-state index in [0.29, 0.717) is 0 Å². The molecule has 0 aromatic carbocycles. The standard InChI is InChI=1S/C8H15AsO3S/c1-6(13-9(2)3)7(10)4-5-8(11)12/h6H,4-5H2,1-3H3,(H,11,12). The summed E-state index contributed by atoms with van der Waals surface area (Å²) in [6.07, 6.45) is 0.135. The molecule has 0 radical (unpaired) electrons. The Bertz CT molecular complexity index is 194. The van der Waals surface area contributed by atoms with E-state index in [1.54, 1.807) is 10.0 Å². The first-order chi connectivity index (χ1) is 5.93. The fourth-order valence-corrected chi connectivity index (χ4v) is 6.40. The van der Waals surface area contributed by atoms with Crippen LogP contribution in [0.1, 0.15) is 19.8 Å². The van der Waals surface area contributed by atoms with E-state index in [-0.39, 0.29) is 23.9 Å². The van der Waals surface area contributed by atoms with Gasteiger partial charge in [0.2, 0.25) is 0 Å². The molecule has 0 aliphatic heterocycles. The van der Waals surface area contributed by atoms with Crippen molar-refractivity contribution in [2.45, 2.75) is 36.4 Å². The SMILES string of the molecule is CC(S[As](C)C)C(=O)CCC(=O)O. The third-order valence-corrected chi connectivity index (χ3v) is 7.05. The van der Waals surface area contributed by atoms with Crippen LogP contribution in [0.3, 0.4) is 0 Å². The summed E-state index contributed by atoms with van der Waals surface area (Å²) in [4.78, 5) is 21.5. The number of aliphatic carboxylic acids is 1. The number of carbonyl (C=O) groups is 2. The minimum atomic E-state index is -0.895. The average Bonchev–Trinajstić information content (AvgIpc) is 1.98. The molecule has 0 saturated carbocycles. The van der Waals surface area contributed by atoms with Crippen LogP contribution in [0.5, 0.6) is 0 Å². The molecule has 0 saturated heterocycles. The molecule has 0 spiro atoms. The van der Waals surface area contributed by atoms with E-state index < -0.39 is 19.5 Å². The van der Waals surface area contributed by atoms with Crippen LogP contribution in [-0.2, 0) is 9.59 Å². The van der Waals surface area contributed by atoms with Crippen molar-refractivity contribution < 1.29 is 14.7 Å². The molecule has 0 fully saturated rings. The Morgan fingerprint density at radius 3 is 2.31 bits per heavy atom. The quantitative estimate of drug-likeness (QED) is 0.745. The first-order valence-corrected chi connectivity index (χ1v) is 10.9. The molecule has 0 rings (SSSR count). The van der Waals surface area contributed by atoms with Gasteiger partial charge in [0.05, 0.1) is 0 Å². The topological polar surface area (TPSA) is 54.4 Å². The Hall–Kier alpha value is 0.0484. The first kappa shape index (κ1) is 13.0. The number of carboxylic acids is 1. The molecule has 0 aliphatic rings. The van der Waals surface area contributed by atoms with Crippen molar-refractivity contribution in [3.8, 4) is 0 Å². The van der Waals surface area contributed by atoms with Gasteiger partial charge < -0.3 is 0 Å². The van der Waals surface area contributed by atoms with Gasteiger partial charge >= 0.3 is 86.4 Å². The molecule has 0 aromatic rings. The summed E-state index contributed by atoms with van der Waals surface area (Å²) in [7, 11) is 1.72. The van der Waals surface area contributed by atoms with Crippen molar-refractivity contribution in [3.63, 3.8) is 0 Å². The molecule has 13 heavy (non-hydrogen) atoms. The normalized spacial score (nSPS) is 12.9. The molecule has 1 N–H and O–H groups in total. The van der Waals surface area contributed by atoms with Crippen LogP contribution in [0, 0.1) is 0 Å². The van der Waals surface area contributed by atoms with Crippen LogP contribution in [-0.4, -0.2) is 35.6 Å². The Morgan fingerprint density at radius 1 is 1.38 bits per heavy atom. The number of hydrogen-bond acceptors (Lipinski definition) is 3. The number of carboxylic acid groups (broad SMARTS) is 1. The molecule has 3 nitrogen and oxygen atoms in total. The second-order valence-corrected chi connectivity index (χ2v) is 12.4. The summed E-state index contributed by atoms with van der Waals surface area (Å²) < 4.78 is 0. The Morgan fingerprint density at radius 2 is 1.92 bits per heavy atom. The summed E-state index contributed by atoms with van der Waals surface area (Å²) >= 11 is -0.845. The van der Waals surface area contributed by atoms with Gasteiger partial charge in [0.1, 0.15) is 0 Å². The van der Waals surface area contributed by atoms with Crippen molar-refractivity contribution in [2.75, 3.05) is 0 Å². The predicted molar refractivity (Wildman–Crippen MR) is 56.4 cm³/mol. The molecule has 0 amide bonds. The van der Waals surface area contributed by atoms with E-state index in [2.05, 4.69) is 11.4 Å². The fourth-order valence-electron chi connectivity index (χ4n) is 0.808. The zero-order valence-corrected chi connectivity index (χ0v) is 10.8. The second kappa shape index (κ2) is 6.49. The summed E-state index contributed by atoms with van der Waals surface area (Å²) in [6, 6.07) is 0. The number of rotatable bonds is 6. The van der Waals surface area contributed by atoms with E-state index in [9.17, 15) is 9.59 Å². The zero-order chi connectivity index (χ0) is 10.4. The van der Waals surface area contributed by atoms with Crippen molar-refractivity contribution in [1.29, 1.82) is 0 Å². The molecular formula is C8H15AsO3S. The maximum atomic E-state index is 11.3. The molecule has 0 heterocycles. The summed E-state index contributed by atoms with van der Waals surface area (Å²) in [5, 5.41) is 8.36. The zero-order valence-electron chi connectivity index (χ0n) is 8.11. The van der Waals surface area contributed by atoms with Crippen molar-refractivity contribution >= 4 is 35.3 Å². The van der Waals surface area contributed by atoms with Gasteiger partial charge in [-0.25, -0.2) is 0 Å². The van der Waals surface area contributed by atoms with Gasteiger partial charge in [-0.1, -0.05) is 0 Å². The van der Waals surface area contributed by atoms with E-state index in [0.717, 1.165) is 0 Å². The third kappa shape index (κ3) is 7.15. The number of carbonyl (C=O) groups excluding carboxylic acids is 1. The molecular weight excluding hydrogens is 251 g/mol. The third-order valence-electron chi connectivity index (χ3n) is 1.41. The van der Waals surface area contributed by atoms with Gasteiger partial charge in [-0.05, 0) is 0 Å². The predicted octanol–water partition coefficient (Wildman–Crippen LogP) is 1.79. The Kier molecular flexibility index (Phi) is 6.52. The van der Waals surface area contributed by atoms with E-state index >= 15 is 0 Å². The van der Waals surface area contributed by atoms with Gasteiger partial charge in [0, 0.05) is 0 Å². The number of Topliss-reactive ketones (excluding diaryl/α,β-unsaturated/α-hetero) is 1. The maximum absolute atomic E-state index is 11.3. The molecule has 1 atom stereocenters. The van der Waals surface area contributed by atoms with E-state index in [4.69, 9.17) is 5.11 Å². The Balaban J connectivity index is 3.76. The molecule has 0 bridgehead atoms. The molecule has 0 aliphatic carbocycles. The molecule has 5 heteroatoms. The first-order valence-electron chi connectivity index (χ1n) is 4.02. The van der Waals surface area contributed by atoms with Gasteiger partial charge in [-0.15, -0.1) is 0 Å². The Labute approximate surface area is 86.5 Å².